The van der Waals surface area contributed by atoms with Crippen molar-refractivity contribution < 1.29 is 14.4 Å². The van der Waals surface area contributed by atoms with E-state index in [1.807, 2.05) is 32.9 Å². The molecule has 7 nitrogen and oxygen atoms in total. The third kappa shape index (κ3) is 5.74. The maximum Gasteiger partial charge on any atom is 0.319 e. The minimum absolute atomic E-state index is 0.00987. The van der Waals surface area contributed by atoms with Gasteiger partial charge >= 0.3 is 6.03 Å². The lowest BCUT2D eigenvalue weighted by Crippen LogP contribution is -2.53. The fraction of sp³-hybridized carbons (Fsp3) is 0.609. The molecule has 164 valence electrons. The van der Waals surface area contributed by atoms with Crippen LogP contribution in [0.4, 0.5) is 4.79 Å². The second-order valence-electron chi connectivity index (χ2n) is 8.48. The number of rotatable bonds is 5. The predicted octanol–water partition coefficient (Wildman–Crippen LogP) is 2.07. The highest BCUT2D eigenvalue weighted by Crippen LogP contribution is 2.21. The Hall–Kier alpha value is -2.57. The molecule has 0 spiro atoms. The molecule has 0 unspecified atom stereocenters. The quantitative estimate of drug-likeness (QED) is 0.741. The fourth-order valence-electron chi connectivity index (χ4n) is 4.28. The summed E-state index contributed by atoms with van der Waals surface area (Å²) in [5, 5.41) is 0. The topological polar surface area (TPSA) is 64.2 Å². The van der Waals surface area contributed by atoms with Gasteiger partial charge in [0.05, 0.1) is 0 Å². The highest BCUT2D eigenvalue weighted by Gasteiger charge is 2.32. The molecule has 2 aliphatic heterocycles. The summed E-state index contributed by atoms with van der Waals surface area (Å²) in [5.74, 6) is 0.362. The van der Waals surface area contributed by atoms with E-state index in [1.165, 1.54) is 5.56 Å². The molecule has 7 heteroatoms. The lowest BCUT2D eigenvalue weighted by Gasteiger charge is -2.39. The van der Waals surface area contributed by atoms with Crippen LogP contribution < -0.4 is 0 Å². The molecule has 0 saturated carbocycles. The van der Waals surface area contributed by atoms with Gasteiger partial charge in [-0.05, 0) is 31.2 Å². The SMILES string of the molecule is CN(C)C(=O)N1CCC(C(=O)N2CCN(C(=O)CCCc3ccccc3)CC2)CC1. The van der Waals surface area contributed by atoms with Gasteiger partial charge in [0.1, 0.15) is 0 Å². The van der Waals surface area contributed by atoms with Gasteiger partial charge in [0.25, 0.3) is 0 Å². The molecule has 2 heterocycles. The van der Waals surface area contributed by atoms with Gasteiger partial charge in [-0.15, -0.1) is 0 Å². The smallest absolute Gasteiger partial charge is 0.319 e. The van der Waals surface area contributed by atoms with E-state index in [0.717, 1.165) is 25.7 Å². The summed E-state index contributed by atoms with van der Waals surface area (Å²) in [4.78, 5) is 44.6. The van der Waals surface area contributed by atoms with Gasteiger partial charge in [-0.1, -0.05) is 30.3 Å². The Bertz CT molecular complexity index is 721. The number of urea groups is 1. The van der Waals surface area contributed by atoms with Crippen LogP contribution in [0, 0.1) is 5.92 Å². The van der Waals surface area contributed by atoms with Crippen molar-refractivity contribution in [3.63, 3.8) is 0 Å². The van der Waals surface area contributed by atoms with Crippen molar-refractivity contribution in [2.45, 2.75) is 32.1 Å². The van der Waals surface area contributed by atoms with E-state index in [4.69, 9.17) is 0 Å². The molecule has 1 aromatic rings. The molecule has 0 N–H and O–H groups in total. The fourth-order valence-corrected chi connectivity index (χ4v) is 4.28. The first-order chi connectivity index (χ1) is 14.5. The average molecular weight is 415 g/mol. The Morgan fingerprint density at radius 2 is 1.47 bits per heavy atom. The van der Waals surface area contributed by atoms with E-state index < -0.39 is 0 Å². The molecule has 2 saturated heterocycles. The van der Waals surface area contributed by atoms with Crippen LogP contribution in [0.1, 0.15) is 31.2 Å². The lowest BCUT2D eigenvalue weighted by molar-refractivity contribution is -0.143. The van der Waals surface area contributed by atoms with Crippen LogP contribution in [-0.4, -0.2) is 90.8 Å². The van der Waals surface area contributed by atoms with Crippen LogP contribution >= 0.6 is 0 Å². The summed E-state index contributed by atoms with van der Waals surface area (Å²) in [5.41, 5.74) is 1.26. The van der Waals surface area contributed by atoms with E-state index in [-0.39, 0.29) is 23.8 Å². The van der Waals surface area contributed by atoms with E-state index in [1.54, 1.807) is 19.0 Å². The first-order valence-electron chi connectivity index (χ1n) is 11.0. The molecular formula is C23H34N4O3. The van der Waals surface area contributed by atoms with Crippen molar-refractivity contribution in [3.05, 3.63) is 35.9 Å². The van der Waals surface area contributed by atoms with Crippen LogP contribution in [0.2, 0.25) is 0 Å². The molecule has 4 amide bonds. The highest BCUT2D eigenvalue weighted by molar-refractivity contribution is 5.81. The van der Waals surface area contributed by atoms with Gasteiger partial charge in [0, 0.05) is 65.7 Å². The average Bonchev–Trinajstić information content (AvgIpc) is 2.79. The van der Waals surface area contributed by atoms with Gasteiger partial charge < -0.3 is 19.6 Å². The molecule has 0 bridgehead atoms. The number of amides is 4. The van der Waals surface area contributed by atoms with Crippen molar-refractivity contribution in [2.24, 2.45) is 5.92 Å². The van der Waals surface area contributed by atoms with Crippen LogP contribution in [-0.2, 0) is 16.0 Å². The van der Waals surface area contributed by atoms with Crippen LogP contribution in [0.15, 0.2) is 30.3 Å². The minimum Gasteiger partial charge on any atom is -0.339 e. The first kappa shape index (κ1) is 22.1. The second-order valence-corrected chi connectivity index (χ2v) is 8.48. The summed E-state index contributed by atoms with van der Waals surface area (Å²) < 4.78 is 0. The van der Waals surface area contributed by atoms with Gasteiger partial charge in [0.15, 0.2) is 0 Å². The molecule has 3 rings (SSSR count). The number of likely N-dealkylation sites (tertiary alicyclic amines) is 1. The Morgan fingerprint density at radius 3 is 2.07 bits per heavy atom. The van der Waals surface area contributed by atoms with Gasteiger partial charge in [0.2, 0.25) is 11.8 Å². The monoisotopic (exact) mass is 414 g/mol. The maximum absolute atomic E-state index is 12.9. The zero-order valence-corrected chi connectivity index (χ0v) is 18.3. The zero-order chi connectivity index (χ0) is 21.5. The number of benzene rings is 1. The maximum atomic E-state index is 12.9. The Morgan fingerprint density at radius 1 is 0.867 bits per heavy atom. The van der Waals surface area contributed by atoms with Gasteiger partial charge in [-0.3, -0.25) is 9.59 Å². The van der Waals surface area contributed by atoms with Crippen molar-refractivity contribution in [3.8, 4) is 0 Å². The molecule has 0 radical (unpaired) electrons. The van der Waals surface area contributed by atoms with Crippen molar-refractivity contribution in [2.75, 3.05) is 53.4 Å². The van der Waals surface area contributed by atoms with Crippen LogP contribution in [0.25, 0.3) is 0 Å². The van der Waals surface area contributed by atoms with Crippen molar-refractivity contribution >= 4 is 17.8 Å². The molecular weight excluding hydrogens is 380 g/mol. The Labute approximate surface area is 179 Å². The number of aryl methyl sites for hydroxylation is 1. The standard InChI is InChI=1S/C23H34N4O3/c1-24(2)23(30)27-13-11-20(12-14-27)22(29)26-17-15-25(16-18-26)21(28)10-6-9-19-7-4-3-5-8-19/h3-5,7-8,20H,6,9-18H2,1-2H3. The summed E-state index contributed by atoms with van der Waals surface area (Å²) >= 11 is 0. The number of nitrogens with zero attached hydrogens (tertiary/aromatic N) is 4. The van der Waals surface area contributed by atoms with E-state index in [0.29, 0.717) is 45.7 Å². The molecule has 2 aliphatic rings. The largest absolute Gasteiger partial charge is 0.339 e. The second kappa shape index (κ2) is 10.5. The van der Waals surface area contributed by atoms with Crippen LogP contribution in [0.3, 0.4) is 0 Å². The summed E-state index contributed by atoms with van der Waals surface area (Å²) in [6.45, 7) is 3.72. The number of carbonyl (C=O) groups is 3. The Kier molecular flexibility index (Phi) is 7.71. The summed E-state index contributed by atoms with van der Waals surface area (Å²) in [6, 6.07) is 10.3. The molecule has 30 heavy (non-hydrogen) atoms. The lowest BCUT2D eigenvalue weighted by atomic mass is 9.95. The number of hydrogen-bond donors (Lipinski definition) is 0. The molecule has 1 aromatic carbocycles. The molecule has 0 aromatic heterocycles. The van der Waals surface area contributed by atoms with Crippen molar-refractivity contribution in [1.82, 2.24) is 19.6 Å². The number of piperazine rings is 1. The highest BCUT2D eigenvalue weighted by atomic mass is 16.2. The Balaban J connectivity index is 1.37. The minimum atomic E-state index is -0.00987. The van der Waals surface area contributed by atoms with E-state index >= 15 is 0 Å². The number of piperidine rings is 1. The predicted molar refractivity (Wildman–Crippen MR) is 116 cm³/mol. The molecule has 2 fully saturated rings. The third-order valence-electron chi connectivity index (χ3n) is 6.14. The normalized spacial score (nSPS) is 17.7. The molecule has 0 aliphatic carbocycles. The van der Waals surface area contributed by atoms with Crippen LogP contribution in [0.5, 0.6) is 0 Å². The zero-order valence-electron chi connectivity index (χ0n) is 18.3. The number of hydrogen-bond acceptors (Lipinski definition) is 3. The summed E-state index contributed by atoms with van der Waals surface area (Å²) in [6.07, 6.45) is 3.77. The first-order valence-corrected chi connectivity index (χ1v) is 11.0. The van der Waals surface area contributed by atoms with E-state index in [2.05, 4.69) is 12.1 Å². The number of carbonyl (C=O) groups excluding carboxylic acids is 3. The van der Waals surface area contributed by atoms with Gasteiger partial charge in [-0.2, -0.15) is 0 Å². The van der Waals surface area contributed by atoms with E-state index in [9.17, 15) is 14.4 Å². The third-order valence-corrected chi connectivity index (χ3v) is 6.14. The molecule has 0 atom stereocenters. The van der Waals surface area contributed by atoms with Gasteiger partial charge in [-0.25, -0.2) is 4.79 Å². The summed E-state index contributed by atoms with van der Waals surface area (Å²) in [7, 11) is 3.50. The van der Waals surface area contributed by atoms with Crippen molar-refractivity contribution in [1.29, 1.82) is 0 Å².